The second-order valence-corrected chi connectivity index (χ2v) is 4.60. The highest BCUT2D eigenvalue weighted by molar-refractivity contribution is 4.96. The van der Waals surface area contributed by atoms with Crippen molar-refractivity contribution in [1.29, 1.82) is 0 Å². The SMILES string of the molecule is CC(C)NC1C2CCC1CNC2. The first-order chi connectivity index (χ1) is 5.77. The Hall–Kier alpha value is -0.0800. The highest BCUT2D eigenvalue weighted by Gasteiger charge is 2.38. The number of rotatable bonds is 2. The maximum atomic E-state index is 3.70. The predicted molar refractivity (Wildman–Crippen MR) is 51.1 cm³/mol. The van der Waals surface area contributed by atoms with Crippen molar-refractivity contribution < 1.29 is 0 Å². The molecular formula is C10H20N2. The third kappa shape index (κ3) is 1.50. The lowest BCUT2D eigenvalue weighted by molar-refractivity contribution is 0.258. The van der Waals surface area contributed by atoms with Gasteiger partial charge in [-0.15, -0.1) is 0 Å². The fourth-order valence-corrected chi connectivity index (χ4v) is 2.74. The molecule has 0 aromatic carbocycles. The van der Waals surface area contributed by atoms with Gasteiger partial charge < -0.3 is 10.6 Å². The molecule has 12 heavy (non-hydrogen) atoms. The molecule has 2 nitrogen and oxygen atoms in total. The number of piperidine rings is 1. The first-order valence-corrected chi connectivity index (χ1v) is 5.24. The maximum Gasteiger partial charge on any atom is 0.0150 e. The van der Waals surface area contributed by atoms with E-state index in [-0.39, 0.29) is 0 Å². The Morgan fingerprint density at radius 3 is 2.25 bits per heavy atom. The molecule has 1 saturated heterocycles. The molecule has 0 radical (unpaired) electrons. The van der Waals surface area contributed by atoms with Crippen molar-refractivity contribution in [2.45, 2.75) is 38.8 Å². The lowest BCUT2D eigenvalue weighted by Gasteiger charge is -2.33. The van der Waals surface area contributed by atoms with E-state index in [0.29, 0.717) is 6.04 Å². The summed E-state index contributed by atoms with van der Waals surface area (Å²) in [6.07, 6.45) is 2.87. The molecule has 1 aliphatic carbocycles. The lowest BCUT2D eigenvalue weighted by Crippen LogP contribution is -2.51. The van der Waals surface area contributed by atoms with Crippen LogP contribution in [0.4, 0.5) is 0 Å². The Morgan fingerprint density at radius 1 is 1.17 bits per heavy atom. The predicted octanol–water partition coefficient (Wildman–Crippen LogP) is 0.982. The Morgan fingerprint density at radius 2 is 1.75 bits per heavy atom. The molecule has 1 heterocycles. The minimum atomic E-state index is 0.649. The normalized spacial score (nSPS) is 40.8. The zero-order chi connectivity index (χ0) is 8.55. The number of nitrogens with one attached hydrogen (secondary N) is 2. The summed E-state index contributed by atoms with van der Waals surface area (Å²) in [5.74, 6) is 1.82. The second kappa shape index (κ2) is 3.35. The van der Waals surface area contributed by atoms with Crippen LogP contribution in [-0.4, -0.2) is 25.2 Å². The van der Waals surface area contributed by atoms with E-state index in [0.717, 1.165) is 17.9 Å². The van der Waals surface area contributed by atoms with Crippen LogP contribution in [0.1, 0.15) is 26.7 Å². The van der Waals surface area contributed by atoms with Gasteiger partial charge in [-0.2, -0.15) is 0 Å². The molecule has 1 aliphatic heterocycles. The van der Waals surface area contributed by atoms with E-state index in [9.17, 15) is 0 Å². The van der Waals surface area contributed by atoms with Gasteiger partial charge in [0.15, 0.2) is 0 Å². The molecule has 2 rings (SSSR count). The molecule has 70 valence electrons. The van der Waals surface area contributed by atoms with Gasteiger partial charge in [-0.3, -0.25) is 0 Å². The summed E-state index contributed by atoms with van der Waals surface area (Å²) in [5.41, 5.74) is 0. The molecule has 0 amide bonds. The summed E-state index contributed by atoms with van der Waals surface area (Å²) in [5, 5.41) is 7.21. The van der Waals surface area contributed by atoms with Crippen molar-refractivity contribution in [3.63, 3.8) is 0 Å². The van der Waals surface area contributed by atoms with Crippen molar-refractivity contribution in [3.05, 3.63) is 0 Å². The third-order valence-electron chi connectivity index (χ3n) is 3.26. The molecule has 2 N–H and O–H groups in total. The van der Waals surface area contributed by atoms with Crippen LogP contribution in [0.25, 0.3) is 0 Å². The van der Waals surface area contributed by atoms with E-state index < -0.39 is 0 Å². The van der Waals surface area contributed by atoms with Crippen molar-refractivity contribution in [3.8, 4) is 0 Å². The monoisotopic (exact) mass is 168 g/mol. The van der Waals surface area contributed by atoms with Crippen molar-refractivity contribution in [2.24, 2.45) is 11.8 Å². The molecule has 2 atom stereocenters. The van der Waals surface area contributed by atoms with E-state index >= 15 is 0 Å². The van der Waals surface area contributed by atoms with Crippen molar-refractivity contribution in [1.82, 2.24) is 10.6 Å². The van der Waals surface area contributed by atoms with Crippen LogP contribution in [0.2, 0.25) is 0 Å². The summed E-state index contributed by atoms with van der Waals surface area (Å²) in [6.45, 7) is 6.98. The zero-order valence-electron chi connectivity index (χ0n) is 8.14. The molecule has 2 fully saturated rings. The van der Waals surface area contributed by atoms with Crippen LogP contribution in [0.3, 0.4) is 0 Å². The molecule has 0 aromatic rings. The summed E-state index contributed by atoms with van der Waals surface area (Å²) < 4.78 is 0. The van der Waals surface area contributed by atoms with Gasteiger partial charge >= 0.3 is 0 Å². The molecule has 2 heteroatoms. The zero-order valence-corrected chi connectivity index (χ0v) is 8.14. The van der Waals surface area contributed by atoms with Gasteiger partial charge in [0.1, 0.15) is 0 Å². The molecule has 2 aliphatic rings. The molecule has 0 aromatic heterocycles. The number of fused-ring (bicyclic) bond motifs is 2. The van der Waals surface area contributed by atoms with Gasteiger partial charge in [0.05, 0.1) is 0 Å². The van der Waals surface area contributed by atoms with Crippen LogP contribution in [0.15, 0.2) is 0 Å². The fourth-order valence-electron chi connectivity index (χ4n) is 2.74. The molecule has 2 bridgehead atoms. The molecule has 0 spiro atoms. The summed E-state index contributed by atoms with van der Waals surface area (Å²) in [4.78, 5) is 0. The molecular weight excluding hydrogens is 148 g/mol. The van der Waals surface area contributed by atoms with Gasteiger partial charge in [-0.25, -0.2) is 0 Å². The smallest absolute Gasteiger partial charge is 0.0150 e. The van der Waals surface area contributed by atoms with Crippen LogP contribution in [0, 0.1) is 11.8 Å². The van der Waals surface area contributed by atoms with Crippen molar-refractivity contribution in [2.75, 3.05) is 13.1 Å². The van der Waals surface area contributed by atoms with Crippen LogP contribution in [-0.2, 0) is 0 Å². The Balaban J connectivity index is 1.96. The van der Waals surface area contributed by atoms with E-state index in [1.165, 1.54) is 25.9 Å². The average molecular weight is 168 g/mol. The average Bonchev–Trinajstić information content (AvgIpc) is 2.30. The Bertz CT molecular complexity index is 140. The van der Waals surface area contributed by atoms with Gasteiger partial charge in [-0.1, -0.05) is 13.8 Å². The quantitative estimate of drug-likeness (QED) is 0.642. The first-order valence-electron chi connectivity index (χ1n) is 5.24. The molecule has 2 unspecified atom stereocenters. The minimum absolute atomic E-state index is 0.649. The van der Waals surface area contributed by atoms with Gasteiger partial charge in [0.2, 0.25) is 0 Å². The van der Waals surface area contributed by atoms with Gasteiger partial charge in [-0.05, 0) is 37.8 Å². The van der Waals surface area contributed by atoms with E-state index in [2.05, 4.69) is 24.5 Å². The second-order valence-electron chi connectivity index (χ2n) is 4.60. The third-order valence-corrected chi connectivity index (χ3v) is 3.26. The Kier molecular flexibility index (Phi) is 2.37. The Labute approximate surface area is 75.1 Å². The summed E-state index contributed by atoms with van der Waals surface area (Å²) >= 11 is 0. The molecule has 1 saturated carbocycles. The fraction of sp³-hybridized carbons (Fsp3) is 1.00. The van der Waals surface area contributed by atoms with Gasteiger partial charge in [0.25, 0.3) is 0 Å². The highest BCUT2D eigenvalue weighted by Crippen LogP contribution is 2.33. The van der Waals surface area contributed by atoms with E-state index in [1.54, 1.807) is 0 Å². The number of hydrogen-bond donors (Lipinski definition) is 2. The van der Waals surface area contributed by atoms with Crippen LogP contribution in [0.5, 0.6) is 0 Å². The topological polar surface area (TPSA) is 24.1 Å². The minimum Gasteiger partial charge on any atom is -0.316 e. The van der Waals surface area contributed by atoms with Crippen LogP contribution < -0.4 is 10.6 Å². The highest BCUT2D eigenvalue weighted by atomic mass is 15.0. The van der Waals surface area contributed by atoms with Crippen LogP contribution >= 0.6 is 0 Å². The lowest BCUT2D eigenvalue weighted by atomic mass is 9.93. The van der Waals surface area contributed by atoms with E-state index in [4.69, 9.17) is 0 Å². The number of hydrogen-bond acceptors (Lipinski definition) is 2. The maximum absolute atomic E-state index is 3.70. The first kappa shape index (κ1) is 8.52. The standard InChI is InChI=1S/C10H20N2/c1-7(2)12-10-8-3-4-9(10)6-11-5-8/h7-12H,3-6H2,1-2H3. The largest absolute Gasteiger partial charge is 0.316 e. The van der Waals surface area contributed by atoms with Crippen molar-refractivity contribution >= 4 is 0 Å². The van der Waals surface area contributed by atoms with Gasteiger partial charge in [0, 0.05) is 12.1 Å². The summed E-state index contributed by atoms with van der Waals surface area (Å²) in [6, 6.07) is 1.46. The summed E-state index contributed by atoms with van der Waals surface area (Å²) in [7, 11) is 0. The van der Waals surface area contributed by atoms with E-state index in [1.807, 2.05) is 0 Å².